The third kappa shape index (κ3) is 3.65. The van der Waals surface area contributed by atoms with E-state index in [-0.39, 0.29) is 5.84 Å². The quantitative estimate of drug-likeness (QED) is 0.285. The van der Waals surface area contributed by atoms with Crippen molar-refractivity contribution >= 4 is 40.8 Å². The minimum Gasteiger partial charge on any atom is -0.409 e. The molecule has 0 heterocycles. The van der Waals surface area contributed by atoms with Gasteiger partial charge in [0.1, 0.15) is 5.84 Å². The number of hydrogen-bond donors (Lipinski definition) is 2. The lowest BCUT2D eigenvalue weighted by atomic mass is 10.4. The summed E-state index contributed by atoms with van der Waals surface area (Å²) in [4.78, 5) is 0.883. The normalized spacial score (nSPS) is 11.7. The van der Waals surface area contributed by atoms with Crippen molar-refractivity contribution in [3.63, 3.8) is 0 Å². The minimum atomic E-state index is 0.158. The van der Waals surface area contributed by atoms with E-state index in [9.17, 15) is 0 Å². The standard InChI is InChI=1S/C8H8Cl2N2OS/c9-5-1-6(10)3-7(2-5)14-4-8(11)12-13/h1-3,13H,4H2,(H2,11,12). The van der Waals surface area contributed by atoms with Crippen molar-refractivity contribution in [2.75, 3.05) is 5.75 Å². The second kappa shape index (κ2) is 5.34. The molecule has 0 atom stereocenters. The summed E-state index contributed by atoms with van der Waals surface area (Å²) in [6.45, 7) is 0. The molecule has 0 fully saturated rings. The van der Waals surface area contributed by atoms with Gasteiger partial charge < -0.3 is 10.9 Å². The second-order valence-corrected chi connectivity index (χ2v) is 4.41. The number of rotatable bonds is 3. The highest BCUT2D eigenvalue weighted by molar-refractivity contribution is 8.00. The Morgan fingerprint density at radius 1 is 1.36 bits per heavy atom. The molecular weight excluding hydrogens is 243 g/mol. The van der Waals surface area contributed by atoms with E-state index in [0.29, 0.717) is 15.8 Å². The number of hydrogen-bond acceptors (Lipinski definition) is 3. The molecule has 1 aromatic carbocycles. The number of nitrogens with two attached hydrogens (primary N) is 1. The molecule has 0 aliphatic carbocycles. The van der Waals surface area contributed by atoms with E-state index in [0.717, 1.165) is 4.90 Å². The Balaban J connectivity index is 2.67. The van der Waals surface area contributed by atoms with Gasteiger partial charge in [-0.15, -0.1) is 11.8 Å². The lowest BCUT2D eigenvalue weighted by Crippen LogP contribution is -2.13. The number of thioether (sulfide) groups is 1. The first-order chi connectivity index (χ1) is 6.61. The van der Waals surface area contributed by atoms with Crippen LogP contribution in [-0.4, -0.2) is 16.8 Å². The van der Waals surface area contributed by atoms with Gasteiger partial charge in [-0.05, 0) is 18.2 Å². The van der Waals surface area contributed by atoms with Crippen LogP contribution in [-0.2, 0) is 0 Å². The number of amidine groups is 1. The molecule has 0 amide bonds. The summed E-state index contributed by atoms with van der Waals surface area (Å²) >= 11 is 13.0. The first-order valence-electron chi connectivity index (χ1n) is 3.67. The smallest absolute Gasteiger partial charge is 0.149 e. The Hall–Kier alpha value is -0.580. The average molecular weight is 251 g/mol. The van der Waals surface area contributed by atoms with Crippen LogP contribution in [0.3, 0.4) is 0 Å². The van der Waals surface area contributed by atoms with E-state index in [4.69, 9.17) is 34.1 Å². The second-order valence-electron chi connectivity index (χ2n) is 2.49. The number of benzene rings is 1. The SMILES string of the molecule is N/C(CSc1cc(Cl)cc(Cl)c1)=N/O. The van der Waals surface area contributed by atoms with Crippen molar-refractivity contribution in [2.24, 2.45) is 10.9 Å². The summed E-state index contributed by atoms with van der Waals surface area (Å²) < 4.78 is 0. The van der Waals surface area contributed by atoms with Crippen LogP contribution in [0.4, 0.5) is 0 Å². The van der Waals surface area contributed by atoms with Gasteiger partial charge in [-0.3, -0.25) is 0 Å². The Morgan fingerprint density at radius 3 is 2.43 bits per heavy atom. The average Bonchev–Trinajstić information content (AvgIpc) is 2.12. The summed E-state index contributed by atoms with van der Waals surface area (Å²) in [5.74, 6) is 0.554. The first-order valence-corrected chi connectivity index (χ1v) is 5.41. The maximum atomic E-state index is 8.32. The Kier molecular flexibility index (Phi) is 4.38. The van der Waals surface area contributed by atoms with E-state index in [2.05, 4.69) is 5.16 Å². The van der Waals surface area contributed by atoms with Crippen LogP contribution in [0, 0.1) is 0 Å². The number of halogens is 2. The van der Waals surface area contributed by atoms with Crippen LogP contribution in [0.25, 0.3) is 0 Å². The zero-order valence-corrected chi connectivity index (χ0v) is 9.40. The van der Waals surface area contributed by atoms with Gasteiger partial charge in [0.15, 0.2) is 0 Å². The summed E-state index contributed by atoms with van der Waals surface area (Å²) in [6, 6.07) is 5.18. The number of nitrogens with zero attached hydrogens (tertiary/aromatic N) is 1. The minimum absolute atomic E-state index is 0.158. The van der Waals surface area contributed by atoms with Crippen LogP contribution in [0.15, 0.2) is 28.3 Å². The highest BCUT2D eigenvalue weighted by Gasteiger charge is 2.00. The molecule has 1 rings (SSSR count). The van der Waals surface area contributed by atoms with E-state index in [1.165, 1.54) is 11.8 Å². The van der Waals surface area contributed by atoms with E-state index < -0.39 is 0 Å². The van der Waals surface area contributed by atoms with E-state index in [1.54, 1.807) is 18.2 Å². The molecule has 0 spiro atoms. The molecule has 76 valence electrons. The van der Waals surface area contributed by atoms with E-state index >= 15 is 0 Å². The molecule has 0 bridgehead atoms. The van der Waals surface area contributed by atoms with Gasteiger partial charge in [0.25, 0.3) is 0 Å². The highest BCUT2D eigenvalue weighted by Crippen LogP contribution is 2.26. The summed E-state index contributed by atoms with van der Waals surface area (Å²) in [5, 5.41) is 12.3. The van der Waals surface area contributed by atoms with Crippen molar-refractivity contribution in [3.8, 4) is 0 Å². The molecule has 1 aromatic rings. The van der Waals surface area contributed by atoms with Crippen LogP contribution in [0.2, 0.25) is 10.0 Å². The van der Waals surface area contributed by atoms with Gasteiger partial charge in [-0.25, -0.2) is 0 Å². The van der Waals surface area contributed by atoms with Crippen LogP contribution < -0.4 is 5.73 Å². The molecule has 0 saturated carbocycles. The molecule has 0 radical (unpaired) electrons. The molecular formula is C8H8Cl2N2OS. The third-order valence-corrected chi connectivity index (χ3v) is 2.80. The third-order valence-electron chi connectivity index (χ3n) is 1.35. The van der Waals surface area contributed by atoms with Crippen molar-refractivity contribution in [1.29, 1.82) is 0 Å². The number of oxime groups is 1. The summed E-state index contributed by atoms with van der Waals surface area (Å²) in [5.41, 5.74) is 5.31. The van der Waals surface area contributed by atoms with Gasteiger partial charge in [-0.1, -0.05) is 28.4 Å². The lowest BCUT2D eigenvalue weighted by molar-refractivity contribution is 0.318. The van der Waals surface area contributed by atoms with Crippen molar-refractivity contribution in [1.82, 2.24) is 0 Å². The van der Waals surface area contributed by atoms with Gasteiger partial charge in [0.05, 0.1) is 5.75 Å². The molecule has 0 saturated heterocycles. The van der Waals surface area contributed by atoms with Gasteiger partial charge >= 0.3 is 0 Å². The molecule has 0 unspecified atom stereocenters. The largest absolute Gasteiger partial charge is 0.409 e. The Morgan fingerprint density at radius 2 is 1.93 bits per heavy atom. The fourth-order valence-corrected chi connectivity index (χ4v) is 2.25. The van der Waals surface area contributed by atoms with Gasteiger partial charge in [0.2, 0.25) is 0 Å². The summed E-state index contributed by atoms with van der Waals surface area (Å²) in [7, 11) is 0. The molecule has 14 heavy (non-hydrogen) atoms. The Labute approximate surface area is 95.9 Å². The first kappa shape index (κ1) is 11.5. The fraction of sp³-hybridized carbons (Fsp3) is 0.125. The molecule has 0 aliphatic heterocycles. The summed E-state index contributed by atoms with van der Waals surface area (Å²) in [6.07, 6.45) is 0. The van der Waals surface area contributed by atoms with Crippen LogP contribution in [0.1, 0.15) is 0 Å². The van der Waals surface area contributed by atoms with Crippen molar-refractivity contribution in [3.05, 3.63) is 28.2 Å². The van der Waals surface area contributed by atoms with Crippen LogP contribution in [0.5, 0.6) is 0 Å². The monoisotopic (exact) mass is 250 g/mol. The molecule has 3 N–H and O–H groups in total. The van der Waals surface area contributed by atoms with Crippen molar-refractivity contribution < 1.29 is 5.21 Å². The lowest BCUT2D eigenvalue weighted by Gasteiger charge is -2.01. The maximum Gasteiger partial charge on any atom is 0.149 e. The zero-order valence-electron chi connectivity index (χ0n) is 7.08. The van der Waals surface area contributed by atoms with Crippen molar-refractivity contribution in [2.45, 2.75) is 4.90 Å². The topological polar surface area (TPSA) is 58.6 Å². The Bertz CT molecular complexity index is 337. The molecule has 6 heteroatoms. The predicted molar refractivity (Wildman–Crippen MR) is 60.6 cm³/mol. The maximum absolute atomic E-state index is 8.32. The predicted octanol–water partition coefficient (Wildman–Crippen LogP) is 2.83. The molecule has 0 aromatic heterocycles. The fourth-order valence-electron chi connectivity index (χ4n) is 0.798. The van der Waals surface area contributed by atoms with Gasteiger partial charge in [-0.2, -0.15) is 0 Å². The van der Waals surface area contributed by atoms with E-state index in [1.807, 2.05) is 0 Å². The zero-order chi connectivity index (χ0) is 10.6. The van der Waals surface area contributed by atoms with Gasteiger partial charge in [0, 0.05) is 14.9 Å². The molecule has 0 aliphatic rings. The molecule has 3 nitrogen and oxygen atoms in total. The van der Waals surface area contributed by atoms with Crippen LogP contribution >= 0.6 is 35.0 Å². The highest BCUT2D eigenvalue weighted by atomic mass is 35.5.